The SMILES string of the molecule is Cc1cc(C)n(CC(=O)N2CCC[C@@H](c3ncc(Cc4ccc(Cl)cc4)o3)C2)c(=O)n1. The van der Waals surface area contributed by atoms with Gasteiger partial charge in [-0.3, -0.25) is 9.36 Å². The van der Waals surface area contributed by atoms with Gasteiger partial charge in [-0.15, -0.1) is 0 Å². The third kappa shape index (κ3) is 5.05. The molecule has 3 heterocycles. The van der Waals surface area contributed by atoms with Crippen LogP contribution in [0.5, 0.6) is 0 Å². The highest BCUT2D eigenvalue weighted by Crippen LogP contribution is 2.27. The lowest BCUT2D eigenvalue weighted by Crippen LogP contribution is -2.42. The molecule has 8 heteroatoms. The van der Waals surface area contributed by atoms with E-state index in [1.165, 1.54) is 4.57 Å². The predicted molar refractivity (Wildman–Crippen MR) is 117 cm³/mol. The molecule has 0 unspecified atom stereocenters. The van der Waals surface area contributed by atoms with Crippen molar-refractivity contribution >= 4 is 17.5 Å². The summed E-state index contributed by atoms with van der Waals surface area (Å²) in [7, 11) is 0. The van der Waals surface area contributed by atoms with Gasteiger partial charge in [0, 0.05) is 35.9 Å². The molecule has 1 atom stereocenters. The van der Waals surface area contributed by atoms with Crippen molar-refractivity contribution in [2.45, 2.75) is 45.6 Å². The second-order valence-electron chi connectivity index (χ2n) is 8.05. The lowest BCUT2D eigenvalue weighted by Gasteiger charge is -2.31. The Labute approximate surface area is 185 Å². The summed E-state index contributed by atoms with van der Waals surface area (Å²) in [6, 6.07) is 9.46. The summed E-state index contributed by atoms with van der Waals surface area (Å²) in [6.07, 6.45) is 4.18. The minimum Gasteiger partial charge on any atom is -0.445 e. The molecule has 1 amide bonds. The lowest BCUT2D eigenvalue weighted by molar-refractivity contribution is -0.133. The van der Waals surface area contributed by atoms with Crippen LogP contribution < -0.4 is 5.69 Å². The summed E-state index contributed by atoms with van der Waals surface area (Å²) in [5, 5.41) is 0.702. The van der Waals surface area contributed by atoms with Crippen LogP contribution in [-0.4, -0.2) is 38.4 Å². The molecule has 7 nitrogen and oxygen atoms in total. The van der Waals surface area contributed by atoms with E-state index in [1.807, 2.05) is 37.3 Å². The highest BCUT2D eigenvalue weighted by atomic mass is 35.5. The van der Waals surface area contributed by atoms with Gasteiger partial charge < -0.3 is 9.32 Å². The second-order valence-corrected chi connectivity index (χ2v) is 8.49. The molecule has 31 heavy (non-hydrogen) atoms. The van der Waals surface area contributed by atoms with Crippen LogP contribution in [-0.2, 0) is 17.8 Å². The Morgan fingerprint density at radius 2 is 2.03 bits per heavy atom. The number of aryl methyl sites for hydroxylation is 2. The molecule has 162 valence electrons. The number of oxazole rings is 1. The maximum Gasteiger partial charge on any atom is 0.348 e. The van der Waals surface area contributed by atoms with E-state index in [2.05, 4.69) is 9.97 Å². The van der Waals surface area contributed by atoms with Crippen LogP contribution >= 0.6 is 11.6 Å². The summed E-state index contributed by atoms with van der Waals surface area (Å²) in [5.41, 5.74) is 2.10. The third-order valence-electron chi connectivity index (χ3n) is 5.63. The van der Waals surface area contributed by atoms with E-state index in [4.69, 9.17) is 16.0 Å². The summed E-state index contributed by atoms with van der Waals surface area (Å²) < 4.78 is 7.43. The number of piperidine rings is 1. The number of halogens is 1. The topological polar surface area (TPSA) is 81.2 Å². The number of aromatic nitrogens is 3. The Bertz CT molecular complexity index is 1140. The van der Waals surface area contributed by atoms with E-state index in [0.717, 1.165) is 29.9 Å². The minimum atomic E-state index is -0.390. The fourth-order valence-electron chi connectivity index (χ4n) is 4.00. The van der Waals surface area contributed by atoms with Crippen LogP contribution in [0.25, 0.3) is 0 Å². The fraction of sp³-hybridized carbons (Fsp3) is 0.391. The van der Waals surface area contributed by atoms with Crippen molar-refractivity contribution in [3.05, 3.63) is 80.6 Å². The zero-order chi connectivity index (χ0) is 22.0. The maximum atomic E-state index is 12.9. The maximum absolute atomic E-state index is 12.9. The number of likely N-dealkylation sites (tertiary alicyclic amines) is 1. The van der Waals surface area contributed by atoms with Gasteiger partial charge >= 0.3 is 5.69 Å². The van der Waals surface area contributed by atoms with E-state index in [0.29, 0.717) is 36.1 Å². The van der Waals surface area contributed by atoms with Crippen LogP contribution in [0.1, 0.15) is 47.4 Å². The number of hydrogen-bond acceptors (Lipinski definition) is 5. The Morgan fingerprint density at radius 3 is 2.77 bits per heavy atom. The molecule has 1 aliphatic rings. The molecule has 1 fully saturated rings. The smallest absolute Gasteiger partial charge is 0.348 e. The first-order valence-corrected chi connectivity index (χ1v) is 10.8. The molecule has 0 radical (unpaired) electrons. The van der Waals surface area contributed by atoms with Gasteiger partial charge in [0.2, 0.25) is 5.91 Å². The summed E-state index contributed by atoms with van der Waals surface area (Å²) in [4.78, 5) is 35.3. The van der Waals surface area contributed by atoms with E-state index >= 15 is 0 Å². The Morgan fingerprint density at radius 1 is 1.26 bits per heavy atom. The van der Waals surface area contributed by atoms with Crippen molar-refractivity contribution < 1.29 is 9.21 Å². The quantitative estimate of drug-likeness (QED) is 0.606. The summed E-state index contributed by atoms with van der Waals surface area (Å²) in [6.45, 7) is 4.79. The lowest BCUT2D eigenvalue weighted by atomic mass is 9.98. The van der Waals surface area contributed by atoms with Crippen molar-refractivity contribution in [1.82, 2.24) is 19.4 Å². The van der Waals surface area contributed by atoms with Crippen LogP contribution in [0.2, 0.25) is 5.02 Å². The fourth-order valence-corrected chi connectivity index (χ4v) is 4.13. The largest absolute Gasteiger partial charge is 0.445 e. The molecule has 4 rings (SSSR count). The molecule has 2 aromatic heterocycles. The molecular formula is C23H25ClN4O3. The van der Waals surface area contributed by atoms with Crippen LogP contribution in [0.3, 0.4) is 0 Å². The van der Waals surface area contributed by atoms with Crippen molar-refractivity contribution in [3.8, 4) is 0 Å². The van der Waals surface area contributed by atoms with E-state index in [9.17, 15) is 9.59 Å². The molecule has 0 N–H and O–H groups in total. The van der Waals surface area contributed by atoms with Crippen molar-refractivity contribution in [2.24, 2.45) is 0 Å². The number of benzene rings is 1. The molecule has 1 aliphatic heterocycles. The van der Waals surface area contributed by atoms with Gasteiger partial charge in [-0.2, -0.15) is 4.98 Å². The highest BCUT2D eigenvalue weighted by Gasteiger charge is 2.28. The van der Waals surface area contributed by atoms with Crippen molar-refractivity contribution in [1.29, 1.82) is 0 Å². The van der Waals surface area contributed by atoms with Crippen molar-refractivity contribution in [3.63, 3.8) is 0 Å². The number of nitrogens with zero attached hydrogens (tertiary/aromatic N) is 4. The molecule has 0 bridgehead atoms. The highest BCUT2D eigenvalue weighted by molar-refractivity contribution is 6.30. The number of carbonyl (C=O) groups is 1. The molecular weight excluding hydrogens is 416 g/mol. The number of hydrogen-bond donors (Lipinski definition) is 0. The second kappa shape index (κ2) is 9.06. The first kappa shape index (κ1) is 21.3. The number of carbonyl (C=O) groups excluding carboxylic acids is 1. The Kier molecular flexibility index (Phi) is 6.23. The summed E-state index contributed by atoms with van der Waals surface area (Å²) in [5.74, 6) is 1.40. The van der Waals surface area contributed by atoms with Crippen molar-refractivity contribution in [2.75, 3.05) is 13.1 Å². The van der Waals surface area contributed by atoms with Gasteiger partial charge in [0.15, 0.2) is 5.89 Å². The first-order chi connectivity index (χ1) is 14.9. The normalized spacial score (nSPS) is 16.5. The Balaban J connectivity index is 1.42. The third-order valence-corrected chi connectivity index (χ3v) is 5.88. The molecule has 0 saturated carbocycles. The molecule has 1 aromatic carbocycles. The van der Waals surface area contributed by atoms with Gasteiger partial charge in [0.25, 0.3) is 0 Å². The van der Waals surface area contributed by atoms with Gasteiger partial charge in [-0.25, -0.2) is 9.78 Å². The van der Waals surface area contributed by atoms with Gasteiger partial charge in [-0.1, -0.05) is 23.7 Å². The molecule has 0 spiro atoms. The number of amides is 1. The van der Waals surface area contributed by atoms with Crippen LogP contribution in [0.15, 0.2) is 45.7 Å². The monoisotopic (exact) mass is 440 g/mol. The number of rotatable bonds is 5. The molecule has 1 saturated heterocycles. The molecule has 3 aromatic rings. The van der Waals surface area contributed by atoms with Gasteiger partial charge in [0.05, 0.1) is 12.1 Å². The van der Waals surface area contributed by atoms with E-state index < -0.39 is 0 Å². The molecule has 0 aliphatic carbocycles. The zero-order valence-electron chi connectivity index (χ0n) is 17.7. The van der Waals surface area contributed by atoms with Gasteiger partial charge in [0.1, 0.15) is 12.3 Å². The van der Waals surface area contributed by atoms with Crippen LogP contribution in [0.4, 0.5) is 0 Å². The first-order valence-electron chi connectivity index (χ1n) is 10.4. The predicted octanol–water partition coefficient (Wildman–Crippen LogP) is 3.50. The zero-order valence-corrected chi connectivity index (χ0v) is 18.4. The van der Waals surface area contributed by atoms with E-state index in [1.54, 1.807) is 18.0 Å². The minimum absolute atomic E-state index is 0.00192. The standard InChI is InChI=1S/C23H25ClN4O3/c1-15-10-16(2)28(23(30)26-15)14-21(29)27-9-3-4-18(13-27)22-25-12-20(31-22)11-17-5-7-19(24)8-6-17/h5-8,10,12,18H,3-4,9,11,13-14H2,1-2H3/t18-/m1/s1. The van der Waals surface area contributed by atoms with E-state index in [-0.39, 0.29) is 24.1 Å². The Hall–Kier alpha value is -2.93. The average Bonchev–Trinajstić information content (AvgIpc) is 3.21. The summed E-state index contributed by atoms with van der Waals surface area (Å²) >= 11 is 5.94. The average molecular weight is 441 g/mol. The van der Waals surface area contributed by atoms with Crippen LogP contribution in [0, 0.1) is 13.8 Å². The van der Waals surface area contributed by atoms with Gasteiger partial charge in [-0.05, 0) is 50.5 Å².